The molecule has 9 nitrogen and oxygen atoms in total. The van der Waals surface area contributed by atoms with E-state index in [1.54, 1.807) is 72.8 Å². The highest BCUT2D eigenvalue weighted by Gasteiger charge is 2.39. The van der Waals surface area contributed by atoms with E-state index in [0.717, 1.165) is 4.90 Å². The average Bonchev–Trinajstić information content (AvgIpc) is 3.27. The molecule has 10 heteroatoms. The molecule has 0 radical (unpaired) electrons. The third kappa shape index (κ3) is 5.94. The van der Waals surface area contributed by atoms with E-state index >= 15 is 0 Å². The van der Waals surface area contributed by atoms with Crippen LogP contribution in [0.2, 0.25) is 0 Å². The van der Waals surface area contributed by atoms with Gasteiger partial charge in [-0.15, -0.1) is 0 Å². The van der Waals surface area contributed by atoms with Gasteiger partial charge in [0, 0.05) is 18.2 Å². The summed E-state index contributed by atoms with van der Waals surface area (Å²) in [7, 11) is 2.95. The fourth-order valence-electron chi connectivity index (χ4n) is 4.98. The predicted molar refractivity (Wildman–Crippen MR) is 157 cm³/mol. The van der Waals surface area contributed by atoms with Gasteiger partial charge in [0.05, 0.1) is 31.2 Å². The molecule has 1 heterocycles. The molecule has 0 bridgehead atoms. The van der Waals surface area contributed by atoms with Crippen molar-refractivity contribution in [3.8, 4) is 11.5 Å². The molecule has 0 saturated heterocycles. The van der Waals surface area contributed by atoms with Crippen molar-refractivity contribution >= 4 is 34.9 Å². The molecule has 4 aromatic rings. The lowest BCUT2D eigenvalue weighted by atomic mass is 10.0. The van der Waals surface area contributed by atoms with Crippen LogP contribution in [0.15, 0.2) is 97.1 Å². The fourth-order valence-corrected chi connectivity index (χ4v) is 4.98. The van der Waals surface area contributed by atoms with Crippen molar-refractivity contribution < 1.29 is 33.0 Å². The Morgan fingerprint density at radius 2 is 1.58 bits per heavy atom. The van der Waals surface area contributed by atoms with Crippen LogP contribution in [0.5, 0.6) is 11.5 Å². The number of fused-ring (bicyclic) bond motifs is 1. The zero-order valence-corrected chi connectivity index (χ0v) is 23.5. The van der Waals surface area contributed by atoms with Gasteiger partial charge < -0.3 is 19.7 Å². The van der Waals surface area contributed by atoms with Crippen molar-refractivity contribution in [3.63, 3.8) is 0 Å². The molecular weight excluding hydrogens is 553 g/mol. The van der Waals surface area contributed by atoms with Gasteiger partial charge in [-0.1, -0.05) is 60.7 Å². The molecule has 1 aliphatic rings. The Balaban J connectivity index is 1.56. The number of rotatable bonds is 10. The molecule has 0 saturated carbocycles. The molecule has 1 aliphatic heterocycles. The molecule has 4 aromatic carbocycles. The number of amides is 3. The van der Waals surface area contributed by atoms with E-state index in [4.69, 9.17) is 9.47 Å². The van der Waals surface area contributed by atoms with Crippen LogP contribution in [-0.4, -0.2) is 49.2 Å². The number of ether oxygens (including phenoxy) is 2. The number of benzene rings is 4. The van der Waals surface area contributed by atoms with Crippen molar-refractivity contribution in [2.24, 2.45) is 0 Å². The largest absolute Gasteiger partial charge is 0.497 e. The van der Waals surface area contributed by atoms with Crippen LogP contribution in [0.1, 0.15) is 27.5 Å². The van der Waals surface area contributed by atoms with E-state index < -0.39 is 41.9 Å². The van der Waals surface area contributed by atoms with Gasteiger partial charge in [-0.2, -0.15) is 0 Å². The van der Waals surface area contributed by atoms with Gasteiger partial charge in [0.2, 0.25) is 5.91 Å². The molecule has 0 spiro atoms. The standard InChI is InChI=1S/C33H28FN3O6/c1-42-23-16-17-26(28(18-23)43-2)35-32(40)30(21-10-4-3-5-11-21)37(19-22-12-6-8-14-25(22)34)29(38)20-36-27-15-9-7-13-24(27)31(39)33(36)41/h3-18,30H,19-20H2,1-2H3,(H,35,40). The first-order valence-corrected chi connectivity index (χ1v) is 13.4. The van der Waals surface area contributed by atoms with Crippen molar-refractivity contribution in [2.75, 3.05) is 31.0 Å². The zero-order chi connectivity index (χ0) is 30.5. The summed E-state index contributed by atoms with van der Waals surface area (Å²) in [4.78, 5) is 56.0. The van der Waals surface area contributed by atoms with E-state index in [-0.39, 0.29) is 17.7 Å². The molecule has 5 rings (SSSR count). The minimum absolute atomic E-state index is 0.163. The highest BCUT2D eigenvalue weighted by Crippen LogP contribution is 2.33. The minimum Gasteiger partial charge on any atom is -0.497 e. The molecule has 218 valence electrons. The average molecular weight is 582 g/mol. The zero-order valence-electron chi connectivity index (χ0n) is 23.5. The van der Waals surface area contributed by atoms with Crippen LogP contribution < -0.4 is 19.7 Å². The van der Waals surface area contributed by atoms with E-state index in [2.05, 4.69) is 5.32 Å². The highest BCUT2D eigenvalue weighted by atomic mass is 19.1. The molecule has 0 aromatic heterocycles. The normalized spacial score (nSPS) is 12.9. The number of halogens is 1. The van der Waals surface area contributed by atoms with Gasteiger partial charge in [0.25, 0.3) is 17.6 Å². The van der Waals surface area contributed by atoms with E-state index in [1.165, 1.54) is 43.4 Å². The first-order chi connectivity index (χ1) is 20.8. The molecule has 0 aliphatic carbocycles. The summed E-state index contributed by atoms with van der Waals surface area (Å²) < 4.78 is 25.6. The smallest absolute Gasteiger partial charge is 0.299 e. The van der Waals surface area contributed by atoms with Crippen LogP contribution in [0.4, 0.5) is 15.8 Å². The third-order valence-electron chi connectivity index (χ3n) is 7.13. The second-order valence-corrected chi connectivity index (χ2v) is 9.72. The Hall–Kier alpha value is -5.51. The second-order valence-electron chi connectivity index (χ2n) is 9.72. The van der Waals surface area contributed by atoms with Gasteiger partial charge in [0.15, 0.2) is 0 Å². The topological polar surface area (TPSA) is 105 Å². The van der Waals surface area contributed by atoms with Crippen LogP contribution >= 0.6 is 0 Å². The van der Waals surface area contributed by atoms with E-state index in [1.807, 2.05) is 0 Å². The fraction of sp³-hybridized carbons (Fsp3) is 0.152. The SMILES string of the molecule is COc1ccc(NC(=O)C(c2ccccc2)N(Cc2ccccc2F)C(=O)CN2C(=O)C(=O)c3ccccc32)c(OC)c1. The van der Waals surface area contributed by atoms with Crippen molar-refractivity contribution in [1.82, 2.24) is 4.90 Å². The summed E-state index contributed by atoms with van der Waals surface area (Å²) in [5, 5.41) is 2.83. The second kappa shape index (κ2) is 12.6. The number of carbonyl (C=O) groups is 4. The van der Waals surface area contributed by atoms with Gasteiger partial charge in [-0.25, -0.2) is 4.39 Å². The number of nitrogens with zero attached hydrogens (tertiary/aromatic N) is 2. The molecule has 1 unspecified atom stereocenters. The number of Topliss-reactive ketones (excluding diaryl/α,β-unsaturated/α-hetero) is 1. The van der Waals surface area contributed by atoms with Crippen molar-refractivity contribution in [3.05, 3.63) is 120 Å². The first kappa shape index (κ1) is 29.0. The first-order valence-electron chi connectivity index (χ1n) is 13.4. The molecule has 1 atom stereocenters. The van der Waals surface area contributed by atoms with E-state index in [0.29, 0.717) is 28.4 Å². The number of hydrogen-bond donors (Lipinski definition) is 1. The van der Waals surface area contributed by atoms with Crippen LogP contribution in [-0.2, 0) is 20.9 Å². The molecule has 3 amide bonds. The Bertz CT molecular complexity index is 1690. The molecule has 43 heavy (non-hydrogen) atoms. The number of methoxy groups -OCH3 is 2. The summed E-state index contributed by atoms with van der Waals surface area (Å²) in [6, 6.07) is 24.4. The van der Waals surface area contributed by atoms with Gasteiger partial charge in [-0.05, 0) is 35.9 Å². The number of ketones is 1. The lowest BCUT2D eigenvalue weighted by Crippen LogP contribution is -2.46. The maximum Gasteiger partial charge on any atom is 0.299 e. The summed E-state index contributed by atoms with van der Waals surface area (Å²) in [5.41, 5.74) is 1.41. The Kier molecular flexibility index (Phi) is 8.47. The lowest BCUT2D eigenvalue weighted by molar-refractivity contribution is -0.139. The minimum atomic E-state index is -1.26. The summed E-state index contributed by atoms with van der Waals surface area (Å²) in [5.74, 6) is -2.60. The highest BCUT2D eigenvalue weighted by molar-refractivity contribution is 6.52. The number of para-hydroxylation sites is 1. The number of anilines is 2. The van der Waals surface area contributed by atoms with Gasteiger partial charge >= 0.3 is 0 Å². The van der Waals surface area contributed by atoms with Crippen LogP contribution in [0.25, 0.3) is 0 Å². The van der Waals surface area contributed by atoms with Gasteiger partial charge in [0.1, 0.15) is 29.9 Å². The summed E-state index contributed by atoms with van der Waals surface area (Å²) >= 11 is 0. The summed E-state index contributed by atoms with van der Waals surface area (Å²) in [6.07, 6.45) is 0. The Morgan fingerprint density at radius 3 is 2.30 bits per heavy atom. The molecule has 0 fully saturated rings. The van der Waals surface area contributed by atoms with Crippen LogP contribution in [0, 0.1) is 5.82 Å². The maximum absolute atomic E-state index is 14.9. The maximum atomic E-state index is 14.9. The van der Waals surface area contributed by atoms with Gasteiger partial charge in [-0.3, -0.25) is 24.1 Å². The molecular formula is C33H28FN3O6. The monoisotopic (exact) mass is 581 g/mol. The Morgan fingerprint density at radius 1 is 0.884 bits per heavy atom. The number of hydrogen-bond acceptors (Lipinski definition) is 6. The lowest BCUT2D eigenvalue weighted by Gasteiger charge is -2.33. The Labute approximate surface area is 247 Å². The van der Waals surface area contributed by atoms with Crippen molar-refractivity contribution in [2.45, 2.75) is 12.6 Å². The van der Waals surface area contributed by atoms with Crippen LogP contribution in [0.3, 0.4) is 0 Å². The van der Waals surface area contributed by atoms with E-state index in [9.17, 15) is 23.6 Å². The summed E-state index contributed by atoms with van der Waals surface area (Å²) in [6.45, 7) is -0.839. The number of carbonyl (C=O) groups excluding carboxylic acids is 4. The third-order valence-corrected chi connectivity index (χ3v) is 7.13. The predicted octanol–water partition coefficient (Wildman–Crippen LogP) is 4.78. The van der Waals surface area contributed by atoms with Crippen molar-refractivity contribution in [1.29, 1.82) is 0 Å². The number of nitrogens with one attached hydrogen (secondary N) is 1. The quantitative estimate of drug-likeness (QED) is 0.270. The molecule has 1 N–H and O–H groups in total.